The molecule has 8 nitrogen and oxygen atoms in total. The summed E-state index contributed by atoms with van der Waals surface area (Å²) in [7, 11) is 0. The average Bonchev–Trinajstić information content (AvgIpc) is 2.75. The Morgan fingerprint density at radius 1 is 1.30 bits per heavy atom. The smallest absolute Gasteiger partial charge is 0.353 e. The largest absolute Gasteiger partial charge is 0.477 e. The summed E-state index contributed by atoms with van der Waals surface area (Å²) < 4.78 is 0. The molecule has 0 aliphatic carbocycles. The zero-order valence-electron chi connectivity index (χ0n) is 10.8. The summed E-state index contributed by atoms with van der Waals surface area (Å²) in [5.41, 5.74) is 0.481. The van der Waals surface area contributed by atoms with Crippen LogP contribution in [0, 0.1) is 13.8 Å². The van der Waals surface area contributed by atoms with Crippen LogP contribution < -0.4 is 10.9 Å². The van der Waals surface area contributed by atoms with Crippen LogP contribution >= 0.6 is 0 Å². The quantitative estimate of drug-likeness (QED) is 0.654. The van der Waals surface area contributed by atoms with Crippen LogP contribution in [0.4, 0.5) is 5.82 Å². The lowest BCUT2D eigenvalue weighted by atomic mass is 10.1. The van der Waals surface area contributed by atoms with Crippen LogP contribution in [-0.4, -0.2) is 32.2 Å². The van der Waals surface area contributed by atoms with E-state index in [0.29, 0.717) is 11.3 Å². The molecule has 8 heteroatoms. The molecule has 2 rings (SSSR count). The van der Waals surface area contributed by atoms with Gasteiger partial charge in [0.2, 0.25) is 0 Å². The van der Waals surface area contributed by atoms with Gasteiger partial charge in [-0.2, -0.15) is 5.10 Å². The van der Waals surface area contributed by atoms with Gasteiger partial charge in [-0.3, -0.25) is 14.7 Å². The Kier molecular flexibility index (Phi) is 3.38. The van der Waals surface area contributed by atoms with E-state index in [1.807, 2.05) is 0 Å². The Morgan fingerprint density at radius 2 is 2.00 bits per heavy atom. The number of amides is 1. The van der Waals surface area contributed by atoms with Gasteiger partial charge in [0.25, 0.3) is 11.5 Å². The third kappa shape index (κ3) is 2.58. The molecule has 0 bridgehead atoms. The van der Waals surface area contributed by atoms with E-state index >= 15 is 0 Å². The van der Waals surface area contributed by atoms with Gasteiger partial charge in [-0.05, 0) is 25.5 Å². The second kappa shape index (κ2) is 5.00. The lowest BCUT2D eigenvalue weighted by Gasteiger charge is -2.05. The highest BCUT2D eigenvalue weighted by molar-refractivity contribution is 6.04. The van der Waals surface area contributed by atoms with E-state index in [1.165, 1.54) is 0 Å². The number of hydrogen-bond acceptors (Lipinski definition) is 4. The van der Waals surface area contributed by atoms with Gasteiger partial charge in [0, 0.05) is 11.8 Å². The minimum Gasteiger partial charge on any atom is -0.477 e. The maximum Gasteiger partial charge on any atom is 0.353 e. The first-order valence-corrected chi connectivity index (χ1v) is 5.69. The normalized spacial score (nSPS) is 10.3. The van der Waals surface area contributed by atoms with Gasteiger partial charge in [0.05, 0.1) is 0 Å². The fourth-order valence-electron chi connectivity index (χ4n) is 1.81. The molecule has 0 saturated carbocycles. The number of anilines is 1. The molecule has 0 fully saturated rings. The molecule has 0 spiro atoms. The zero-order chi connectivity index (χ0) is 14.9. The van der Waals surface area contributed by atoms with E-state index in [-0.39, 0.29) is 17.1 Å². The summed E-state index contributed by atoms with van der Waals surface area (Å²) >= 11 is 0. The van der Waals surface area contributed by atoms with Gasteiger partial charge in [0.1, 0.15) is 11.3 Å². The summed E-state index contributed by atoms with van der Waals surface area (Å²) in [5.74, 6) is -1.80. The van der Waals surface area contributed by atoms with Crippen LogP contribution in [0.15, 0.2) is 16.9 Å². The Balaban J connectivity index is 2.28. The van der Waals surface area contributed by atoms with Gasteiger partial charge in [-0.15, -0.1) is 0 Å². The van der Waals surface area contributed by atoms with Crippen LogP contribution in [0.1, 0.15) is 32.1 Å². The van der Waals surface area contributed by atoms with E-state index in [0.717, 1.165) is 6.07 Å². The summed E-state index contributed by atoms with van der Waals surface area (Å²) in [6.07, 6.45) is 0. The predicted molar refractivity (Wildman–Crippen MR) is 70.0 cm³/mol. The van der Waals surface area contributed by atoms with Crippen molar-refractivity contribution in [2.24, 2.45) is 0 Å². The van der Waals surface area contributed by atoms with Gasteiger partial charge in [-0.1, -0.05) is 0 Å². The number of carboxylic acid groups (broad SMARTS) is 1. The molecule has 4 N–H and O–H groups in total. The van der Waals surface area contributed by atoms with Crippen molar-refractivity contribution in [3.05, 3.63) is 45.0 Å². The van der Waals surface area contributed by atoms with Crippen LogP contribution in [0.5, 0.6) is 0 Å². The number of H-pyrrole nitrogens is 2. The standard InChI is InChI=1S/C12H12N4O4/c1-5-3-6(2)13-10(17)9(5)11(18)14-8-4-7(12(19)20)15-16-8/h3-4H,1-2H3,(H,13,17)(H,19,20)(H2,14,15,16,18). The molecule has 0 aliphatic heterocycles. The molecule has 2 heterocycles. The number of aromatic amines is 2. The van der Waals surface area contributed by atoms with Crippen molar-refractivity contribution < 1.29 is 14.7 Å². The number of nitrogens with one attached hydrogen (secondary N) is 3. The van der Waals surface area contributed by atoms with E-state index in [1.54, 1.807) is 19.9 Å². The molecular weight excluding hydrogens is 264 g/mol. The van der Waals surface area contributed by atoms with Crippen LogP contribution in [0.3, 0.4) is 0 Å². The molecule has 2 aromatic heterocycles. The van der Waals surface area contributed by atoms with Crippen LogP contribution in [-0.2, 0) is 0 Å². The van der Waals surface area contributed by atoms with Crippen molar-refractivity contribution in [2.45, 2.75) is 13.8 Å². The highest BCUT2D eigenvalue weighted by atomic mass is 16.4. The minimum absolute atomic E-state index is 0.0320. The number of nitrogens with zero attached hydrogens (tertiary/aromatic N) is 1. The van der Waals surface area contributed by atoms with Crippen molar-refractivity contribution in [1.29, 1.82) is 0 Å². The molecule has 0 aliphatic rings. The zero-order valence-corrected chi connectivity index (χ0v) is 10.8. The Hall–Kier alpha value is -2.90. The number of pyridine rings is 1. The summed E-state index contributed by atoms with van der Waals surface area (Å²) in [6, 6.07) is 2.83. The van der Waals surface area contributed by atoms with Crippen LogP contribution in [0.25, 0.3) is 0 Å². The fraction of sp³-hybridized carbons (Fsp3) is 0.167. The summed E-state index contributed by atoms with van der Waals surface area (Å²) in [4.78, 5) is 37.0. The lowest BCUT2D eigenvalue weighted by Crippen LogP contribution is -2.25. The van der Waals surface area contributed by atoms with Crippen molar-refractivity contribution in [3.8, 4) is 0 Å². The average molecular weight is 276 g/mol. The molecule has 104 valence electrons. The summed E-state index contributed by atoms with van der Waals surface area (Å²) in [5, 5.41) is 17.0. The molecule has 0 saturated heterocycles. The Labute approximate surface area is 112 Å². The highest BCUT2D eigenvalue weighted by Crippen LogP contribution is 2.09. The van der Waals surface area contributed by atoms with Gasteiger partial charge in [-0.25, -0.2) is 4.79 Å². The Morgan fingerprint density at radius 3 is 2.55 bits per heavy atom. The van der Waals surface area contributed by atoms with Crippen molar-refractivity contribution in [2.75, 3.05) is 5.32 Å². The van der Waals surface area contributed by atoms with Gasteiger partial charge >= 0.3 is 5.97 Å². The van der Waals surface area contributed by atoms with E-state index in [2.05, 4.69) is 20.5 Å². The second-order valence-electron chi connectivity index (χ2n) is 4.27. The number of carboxylic acids is 1. The monoisotopic (exact) mass is 276 g/mol. The minimum atomic E-state index is -1.19. The fourth-order valence-corrected chi connectivity index (χ4v) is 1.81. The Bertz CT molecular complexity index is 744. The third-order valence-electron chi connectivity index (χ3n) is 2.64. The summed E-state index contributed by atoms with van der Waals surface area (Å²) in [6.45, 7) is 3.35. The van der Waals surface area contributed by atoms with E-state index in [9.17, 15) is 14.4 Å². The molecule has 0 atom stereocenters. The molecule has 0 radical (unpaired) electrons. The number of aromatic nitrogens is 3. The molecule has 1 amide bonds. The number of aromatic carboxylic acids is 1. The lowest BCUT2D eigenvalue weighted by molar-refractivity contribution is 0.0690. The maximum atomic E-state index is 12.0. The first-order chi connectivity index (χ1) is 9.38. The van der Waals surface area contributed by atoms with Crippen molar-refractivity contribution in [1.82, 2.24) is 15.2 Å². The number of carbonyl (C=O) groups is 2. The molecule has 20 heavy (non-hydrogen) atoms. The number of aryl methyl sites for hydroxylation is 2. The molecular formula is C12H12N4O4. The number of rotatable bonds is 3. The highest BCUT2D eigenvalue weighted by Gasteiger charge is 2.16. The van der Waals surface area contributed by atoms with Gasteiger partial charge in [0.15, 0.2) is 5.82 Å². The first-order valence-electron chi connectivity index (χ1n) is 5.69. The molecule has 0 aromatic carbocycles. The van der Waals surface area contributed by atoms with Crippen LogP contribution in [0.2, 0.25) is 0 Å². The molecule has 2 aromatic rings. The molecule has 0 unspecified atom stereocenters. The third-order valence-corrected chi connectivity index (χ3v) is 2.64. The topological polar surface area (TPSA) is 128 Å². The number of hydrogen-bond donors (Lipinski definition) is 4. The van der Waals surface area contributed by atoms with E-state index in [4.69, 9.17) is 5.11 Å². The van der Waals surface area contributed by atoms with Crippen molar-refractivity contribution in [3.63, 3.8) is 0 Å². The number of carbonyl (C=O) groups excluding carboxylic acids is 1. The maximum absolute atomic E-state index is 12.0. The predicted octanol–water partition coefficient (Wildman–Crippen LogP) is 0.665. The van der Waals surface area contributed by atoms with Gasteiger partial charge < -0.3 is 15.4 Å². The van der Waals surface area contributed by atoms with E-state index < -0.39 is 17.4 Å². The van der Waals surface area contributed by atoms with Crippen molar-refractivity contribution >= 4 is 17.7 Å². The second-order valence-corrected chi connectivity index (χ2v) is 4.27. The first kappa shape index (κ1) is 13.5. The SMILES string of the molecule is Cc1cc(C)c(C(=O)Nc2cc(C(=O)O)[nH]n2)c(=O)[nH]1.